The van der Waals surface area contributed by atoms with Gasteiger partial charge in [0.2, 0.25) is 0 Å². The van der Waals surface area contributed by atoms with E-state index in [0.29, 0.717) is 5.56 Å². The number of rotatable bonds is 6. The fraction of sp³-hybridized carbons (Fsp3) is 0.250. The smallest absolute Gasteiger partial charge is 0.251 e. The number of aryl methyl sites for hydroxylation is 1. The molecule has 1 heterocycles. The normalized spacial score (nSPS) is 12.5. The van der Waals surface area contributed by atoms with Gasteiger partial charge in [-0.15, -0.1) is 0 Å². The van der Waals surface area contributed by atoms with E-state index in [1.165, 1.54) is 33.5 Å². The fourth-order valence-electron chi connectivity index (χ4n) is 5.50. The van der Waals surface area contributed by atoms with E-state index in [1.54, 1.807) is 0 Å². The van der Waals surface area contributed by atoms with Gasteiger partial charge in [-0.1, -0.05) is 97.4 Å². The lowest BCUT2D eigenvalue weighted by molar-refractivity contribution is 0.0940. The van der Waals surface area contributed by atoms with Gasteiger partial charge in [0.05, 0.1) is 6.04 Å². The van der Waals surface area contributed by atoms with Gasteiger partial charge in [0.25, 0.3) is 5.91 Å². The zero-order valence-corrected chi connectivity index (χ0v) is 25.8. The maximum Gasteiger partial charge on any atom is 0.251 e. The second-order valence-corrected chi connectivity index (χ2v) is 12.7. The Labute approximate surface area is 246 Å². The molecule has 5 rings (SSSR count). The first kappa shape index (κ1) is 27.9. The molecule has 0 fully saturated rings. The Morgan fingerprint density at radius 2 is 1.62 bits per heavy atom. The van der Waals surface area contributed by atoms with Crippen LogP contribution in [0.15, 0.2) is 95.5 Å². The molecule has 204 valence electrons. The van der Waals surface area contributed by atoms with Crippen LogP contribution in [0.1, 0.15) is 72.0 Å². The van der Waals surface area contributed by atoms with E-state index in [9.17, 15) is 4.79 Å². The number of hydrogen-bond donors (Lipinski definition) is 1. The molecule has 1 amide bonds. The largest absolute Gasteiger partial charge is 0.346 e. The van der Waals surface area contributed by atoms with E-state index < -0.39 is 0 Å². The van der Waals surface area contributed by atoms with Crippen LogP contribution < -0.4 is 5.32 Å². The summed E-state index contributed by atoms with van der Waals surface area (Å²) >= 11 is 3.52. The molecule has 1 atom stereocenters. The third kappa shape index (κ3) is 5.64. The number of carbonyl (C=O) groups is 1. The first-order valence-corrected chi connectivity index (χ1v) is 14.7. The number of amides is 1. The Morgan fingerprint density at radius 3 is 2.33 bits per heavy atom. The Morgan fingerprint density at radius 1 is 0.900 bits per heavy atom. The van der Waals surface area contributed by atoms with E-state index in [4.69, 9.17) is 0 Å². The van der Waals surface area contributed by atoms with Gasteiger partial charge in [0, 0.05) is 33.2 Å². The van der Waals surface area contributed by atoms with Crippen LogP contribution in [-0.2, 0) is 12.0 Å². The Balaban J connectivity index is 1.39. The molecule has 0 aliphatic heterocycles. The molecular weight excluding hydrogens is 556 g/mol. The number of aromatic nitrogens is 1. The summed E-state index contributed by atoms with van der Waals surface area (Å²) in [7, 11) is 0. The van der Waals surface area contributed by atoms with Crippen LogP contribution in [0.2, 0.25) is 0 Å². The van der Waals surface area contributed by atoms with Crippen molar-refractivity contribution in [2.75, 3.05) is 0 Å². The Hall–Kier alpha value is -3.63. The fourth-order valence-corrected chi connectivity index (χ4v) is 5.91. The second kappa shape index (κ2) is 11.1. The third-order valence-electron chi connectivity index (χ3n) is 7.94. The summed E-state index contributed by atoms with van der Waals surface area (Å²) in [6.45, 7) is 13.9. The number of nitrogens with one attached hydrogen (secondary N) is 1. The van der Waals surface area contributed by atoms with Crippen LogP contribution in [0, 0.1) is 13.8 Å². The maximum absolute atomic E-state index is 13.2. The molecule has 1 N–H and O–H groups in total. The zero-order chi connectivity index (χ0) is 28.6. The SMILES string of the molecule is Cc1c(C)n(Cc2ccc(-c3ccccc3C(C)(C)C)cc2)c2ccc(C(=O)N[C@@H](C)c3cccc(Br)c3)cc12. The summed E-state index contributed by atoms with van der Waals surface area (Å²) in [5.74, 6) is -0.0645. The third-order valence-corrected chi connectivity index (χ3v) is 8.43. The van der Waals surface area contributed by atoms with Crippen LogP contribution in [0.3, 0.4) is 0 Å². The minimum Gasteiger partial charge on any atom is -0.346 e. The number of benzene rings is 4. The van der Waals surface area contributed by atoms with Gasteiger partial charge < -0.3 is 9.88 Å². The monoisotopic (exact) mass is 592 g/mol. The minimum absolute atomic E-state index is 0.0645. The molecule has 3 nitrogen and oxygen atoms in total. The van der Waals surface area contributed by atoms with Gasteiger partial charge >= 0.3 is 0 Å². The first-order valence-electron chi connectivity index (χ1n) is 13.9. The molecule has 0 bridgehead atoms. The average molecular weight is 594 g/mol. The van der Waals surface area contributed by atoms with Crippen molar-refractivity contribution in [1.29, 1.82) is 0 Å². The van der Waals surface area contributed by atoms with E-state index in [0.717, 1.165) is 27.5 Å². The standard InChI is InChI=1S/C36H37BrN2O/c1-23-25(3)39(22-26-14-16-27(17-15-26)31-12-7-8-13-33(31)36(4,5)6)34-19-18-29(21-32(23)34)35(40)38-24(2)28-10-9-11-30(37)20-28/h7-21,24H,22H2,1-6H3,(H,38,40)/t24-/m0/s1. The summed E-state index contributed by atoms with van der Waals surface area (Å²) in [4.78, 5) is 13.2. The molecule has 0 saturated carbocycles. The molecule has 4 aromatic carbocycles. The van der Waals surface area contributed by atoms with Crippen molar-refractivity contribution in [3.63, 3.8) is 0 Å². The zero-order valence-electron chi connectivity index (χ0n) is 24.2. The van der Waals surface area contributed by atoms with Crippen LogP contribution >= 0.6 is 15.9 Å². The van der Waals surface area contributed by atoms with Crippen molar-refractivity contribution >= 4 is 32.7 Å². The highest BCUT2D eigenvalue weighted by Crippen LogP contribution is 2.33. The molecule has 0 aliphatic carbocycles. The van der Waals surface area contributed by atoms with Crippen molar-refractivity contribution in [3.05, 3.63) is 129 Å². The quantitative estimate of drug-likeness (QED) is 0.209. The van der Waals surface area contributed by atoms with Crippen molar-refractivity contribution in [1.82, 2.24) is 9.88 Å². The van der Waals surface area contributed by atoms with Gasteiger partial charge in [0.15, 0.2) is 0 Å². The first-order chi connectivity index (χ1) is 19.0. The van der Waals surface area contributed by atoms with Gasteiger partial charge in [-0.25, -0.2) is 0 Å². The van der Waals surface area contributed by atoms with E-state index in [-0.39, 0.29) is 17.4 Å². The van der Waals surface area contributed by atoms with Gasteiger partial charge in [-0.2, -0.15) is 0 Å². The van der Waals surface area contributed by atoms with Crippen LogP contribution in [0.25, 0.3) is 22.0 Å². The minimum atomic E-state index is -0.0912. The average Bonchev–Trinajstić information content (AvgIpc) is 3.17. The number of halogens is 1. The molecule has 0 saturated heterocycles. The number of fused-ring (bicyclic) bond motifs is 1. The highest BCUT2D eigenvalue weighted by Gasteiger charge is 2.19. The summed E-state index contributed by atoms with van der Waals surface area (Å²) in [5, 5.41) is 4.27. The summed E-state index contributed by atoms with van der Waals surface area (Å²) in [6, 6.07) is 31.7. The number of hydrogen-bond acceptors (Lipinski definition) is 1. The molecule has 5 aromatic rings. The summed E-state index contributed by atoms with van der Waals surface area (Å²) in [6.07, 6.45) is 0. The molecular formula is C36H37BrN2O. The second-order valence-electron chi connectivity index (χ2n) is 11.8. The van der Waals surface area contributed by atoms with Crippen LogP contribution in [0.4, 0.5) is 0 Å². The lowest BCUT2D eigenvalue weighted by atomic mass is 9.82. The van der Waals surface area contributed by atoms with Crippen molar-refractivity contribution in [2.45, 2.75) is 59.5 Å². The van der Waals surface area contributed by atoms with E-state index >= 15 is 0 Å². The maximum atomic E-state index is 13.2. The summed E-state index contributed by atoms with van der Waals surface area (Å²) in [5.41, 5.74) is 10.5. The van der Waals surface area contributed by atoms with Gasteiger partial charge in [-0.05, 0) is 89.9 Å². The molecule has 40 heavy (non-hydrogen) atoms. The lowest BCUT2D eigenvalue weighted by Crippen LogP contribution is -2.26. The predicted octanol–water partition coefficient (Wildman–Crippen LogP) is 9.52. The van der Waals surface area contributed by atoms with Crippen LogP contribution in [-0.4, -0.2) is 10.5 Å². The molecule has 1 aromatic heterocycles. The number of nitrogens with zero attached hydrogens (tertiary/aromatic N) is 1. The van der Waals surface area contributed by atoms with Crippen LogP contribution in [0.5, 0.6) is 0 Å². The molecule has 0 unspecified atom stereocenters. The highest BCUT2D eigenvalue weighted by molar-refractivity contribution is 9.10. The lowest BCUT2D eigenvalue weighted by Gasteiger charge is -2.23. The van der Waals surface area contributed by atoms with Crippen molar-refractivity contribution < 1.29 is 4.79 Å². The molecule has 0 aliphatic rings. The molecule has 0 spiro atoms. The van der Waals surface area contributed by atoms with Crippen molar-refractivity contribution in [3.8, 4) is 11.1 Å². The van der Waals surface area contributed by atoms with Gasteiger partial charge in [0.1, 0.15) is 0 Å². The predicted molar refractivity (Wildman–Crippen MR) is 171 cm³/mol. The highest BCUT2D eigenvalue weighted by atomic mass is 79.9. The van der Waals surface area contributed by atoms with E-state index in [1.807, 2.05) is 43.3 Å². The van der Waals surface area contributed by atoms with Crippen molar-refractivity contribution in [2.24, 2.45) is 0 Å². The Bertz CT molecular complexity index is 1690. The molecule has 0 radical (unpaired) electrons. The Kier molecular flexibility index (Phi) is 7.74. The summed E-state index contributed by atoms with van der Waals surface area (Å²) < 4.78 is 3.36. The number of carbonyl (C=O) groups excluding carboxylic acids is 1. The topological polar surface area (TPSA) is 34.0 Å². The van der Waals surface area contributed by atoms with E-state index in [2.05, 4.69) is 115 Å². The van der Waals surface area contributed by atoms with Gasteiger partial charge in [-0.3, -0.25) is 4.79 Å². The molecule has 4 heteroatoms.